The molecule has 2 aliphatic rings. The molecule has 0 spiro atoms. The molecule has 172 valence electrons. The third-order valence-corrected chi connectivity index (χ3v) is 8.72. The van der Waals surface area contributed by atoms with E-state index in [4.69, 9.17) is 4.74 Å². The molecule has 2 saturated carbocycles. The Kier molecular flexibility index (Phi) is 6.81. The van der Waals surface area contributed by atoms with Gasteiger partial charge in [0.25, 0.3) is 10.0 Å². The summed E-state index contributed by atoms with van der Waals surface area (Å²) >= 11 is 3.41. The monoisotopic (exact) mass is 520 g/mol. The Morgan fingerprint density at radius 1 is 1.12 bits per heavy atom. The van der Waals surface area contributed by atoms with Crippen LogP contribution in [0.5, 0.6) is 5.75 Å². The number of hydrogen-bond acceptors (Lipinski definition) is 4. The number of aryl methyl sites for hydroxylation is 1. The second-order valence-electron chi connectivity index (χ2n) is 8.85. The van der Waals surface area contributed by atoms with E-state index in [2.05, 4.69) is 26.0 Å². The Bertz CT molecular complexity index is 1120. The summed E-state index contributed by atoms with van der Waals surface area (Å²) in [4.78, 5) is 12.8. The minimum atomic E-state index is -3.84. The predicted octanol–water partition coefficient (Wildman–Crippen LogP) is 5.72. The maximum atomic E-state index is 13.1. The maximum Gasteiger partial charge on any atom is 0.262 e. The van der Waals surface area contributed by atoms with Crippen molar-refractivity contribution in [2.75, 3.05) is 16.6 Å². The molecule has 2 aliphatic carbocycles. The number of benzene rings is 2. The first-order chi connectivity index (χ1) is 15.2. The minimum Gasteiger partial charge on any atom is -0.493 e. The first-order valence-corrected chi connectivity index (χ1v) is 13.4. The molecule has 32 heavy (non-hydrogen) atoms. The van der Waals surface area contributed by atoms with E-state index in [1.807, 2.05) is 6.92 Å². The number of carbonyl (C=O) groups excluding carboxylic acids is 1. The van der Waals surface area contributed by atoms with Gasteiger partial charge in [-0.25, -0.2) is 8.42 Å². The number of anilines is 2. The second-order valence-corrected chi connectivity index (χ2v) is 11.4. The summed E-state index contributed by atoms with van der Waals surface area (Å²) in [5, 5.41) is 2.91. The van der Waals surface area contributed by atoms with E-state index in [-0.39, 0.29) is 10.8 Å². The number of sulfonamides is 1. The van der Waals surface area contributed by atoms with Crippen LogP contribution >= 0.6 is 15.9 Å². The molecule has 0 heterocycles. The Labute approximate surface area is 198 Å². The van der Waals surface area contributed by atoms with Crippen molar-refractivity contribution in [2.24, 2.45) is 17.8 Å². The number of ether oxygens (including phenoxy) is 1. The zero-order valence-corrected chi connectivity index (χ0v) is 20.8. The third kappa shape index (κ3) is 5.12. The zero-order chi connectivity index (χ0) is 22.9. The highest BCUT2D eigenvalue weighted by molar-refractivity contribution is 9.10. The number of nitrogens with one attached hydrogen (secondary N) is 2. The molecular weight excluding hydrogens is 492 g/mol. The van der Waals surface area contributed by atoms with Gasteiger partial charge in [0, 0.05) is 12.1 Å². The van der Waals surface area contributed by atoms with Crippen LogP contribution in [0, 0.1) is 24.7 Å². The lowest BCUT2D eigenvalue weighted by atomic mass is 9.86. The number of rotatable bonds is 8. The number of amides is 1. The van der Waals surface area contributed by atoms with Gasteiger partial charge in [0.2, 0.25) is 5.91 Å². The molecule has 0 unspecified atom stereocenters. The second kappa shape index (κ2) is 9.43. The third-order valence-electron chi connectivity index (χ3n) is 6.58. The van der Waals surface area contributed by atoms with Gasteiger partial charge in [0.15, 0.2) is 0 Å². The lowest BCUT2D eigenvalue weighted by molar-refractivity contribution is -0.117. The van der Waals surface area contributed by atoms with Crippen molar-refractivity contribution in [2.45, 2.75) is 50.8 Å². The molecule has 8 heteroatoms. The molecule has 6 nitrogen and oxygen atoms in total. The van der Waals surface area contributed by atoms with Crippen LogP contribution in [0.25, 0.3) is 0 Å². The molecule has 4 rings (SSSR count). The van der Waals surface area contributed by atoms with E-state index in [0.29, 0.717) is 52.0 Å². The standard InChI is InChI=1S/C24H29BrN2O4S/c1-3-31-22-9-8-20(13-21(22)25)27-32(29,30)23-14-19(7-4-15(23)2)26-24(28)12-18-11-16-5-6-17(18)10-16/h4,7-9,13-14,16-18,27H,3,5-6,10-12H2,1-2H3,(H,26,28)/t16-,17+,18-/m0/s1. The van der Waals surface area contributed by atoms with Crippen LogP contribution in [0.15, 0.2) is 45.8 Å². The van der Waals surface area contributed by atoms with Crippen LogP contribution in [-0.4, -0.2) is 20.9 Å². The lowest BCUT2D eigenvalue weighted by Gasteiger charge is -2.21. The Hall–Kier alpha value is -2.06. The Balaban J connectivity index is 1.46. The average Bonchev–Trinajstić information content (AvgIpc) is 3.34. The van der Waals surface area contributed by atoms with Crippen molar-refractivity contribution in [3.63, 3.8) is 0 Å². The number of fused-ring (bicyclic) bond motifs is 2. The molecule has 2 aromatic carbocycles. The highest BCUT2D eigenvalue weighted by Gasteiger charge is 2.40. The first kappa shape index (κ1) is 23.1. The molecule has 2 aromatic rings. The zero-order valence-electron chi connectivity index (χ0n) is 18.4. The average molecular weight is 521 g/mol. The Morgan fingerprint density at radius 2 is 1.91 bits per heavy atom. The molecule has 2 N–H and O–H groups in total. The molecule has 0 radical (unpaired) electrons. The van der Waals surface area contributed by atoms with E-state index in [9.17, 15) is 13.2 Å². The van der Waals surface area contributed by atoms with Crippen LogP contribution in [0.1, 0.15) is 44.6 Å². The molecule has 3 atom stereocenters. The van der Waals surface area contributed by atoms with Gasteiger partial charge in [0.05, 0.1) is 21.7 Å². The fourth-order valence-corrected chi connectivity index (χ4v) is 6.91. The lowest BCUT2D eigenvalue weighted by Crippen LogP contribution is -2.21. The first-order valence-electron chi connectivity index (χ1n) is 11.1. The fourth-order valence-electron chi connectivity index (χ4n) is 5.09. The van der Waals surface area contributed by atoms with Gasteiger partial charge < -0.3 is 10.1 Å². The number of hydrogen-bond donors (Lipinski definition) is 2. The predicted molar refractivity (Wildman–Crippen MR) is 129 cm³/mol. The minimum absolute atomic E-state index is 0.0434. The van der Waals surface area contributed by atoms with Crippen molar-refractivity contribution in [3.05, 3.63) is 46.4 Å². The van der Waals surface area contributed by atoms with Gasteiger partial charge in [0.1, 0.15) is 5.75 Å². The molecule has 0 aliphatic heterocycles. The molecule has 1 amide bonds. The van der Waals surface area contributed by atoms with Crippen LogP contribution in [0.3, 0.4) is 0 Å². The summed E-state index contributed by atoms with van der Waals surface area (Å²) in [6, 6.07) is 10.0. The van der Waals surface area contributed by atoms with Gasteiger partial charge in [-0.2, -0.15) is 0 Å². The summed E-state index contributed by atoms with van der Waals surface area (Å²) < 4.78 is 34.9. The van der Waals surface area contributed by atoms with E-state index in [1.54, 1.807) is 37.3 Å². The van der Waals surface area contributed by atoms with Gasteiger partial charge >= 0.3 is 0 Å². The maximum absolute atomic E-state index is 13.1. The van der Waals surface area contributed by atoms with Crippen LogP contribution < -0.4 is 14.8 Å². The summed E-state index contributed by atoms with van der Waals surface area (Å²) in [5.74, 6) is 2.53. The molecule has 0 aromatic heterocycles. The van der Waals surface area contributed by atoms with Gasteiger partial charge in [-0.05, 0) is 103 Å². The van der Waals surface area contributed by atoms with Crippen molar-refractivity contribution < 1.29 is 17.9 Å². The van der Waals surface area contributed by atoms with Crippen LogP contribution in [0.4, 0.5) is 11.4 Å². The summed E-state index contributed by atoms with van der Waals surface area (Å²) in [5.41, 5.74) is 1.52. The van der Waals surface area contributed by atoms with Crippen molar-refractivity contribution in [1.82, 2.24) is 0 Å². The molecular formula is C24H29BrN2O4S. The van der Waals surface area contributed by atoms with E-state index >= 15 is 0 Å². The molecule has 2 fully saturated rings. The summed E-state index contributed by atoms with van der Waals surface area (Å²) in [7, 11) is -3.84. The normalized spacial score (nSPS) is 22.0. The van der Waals surface area contributed by atoms with Gasteiger partial charge in [-0.15, -0.1) is 0 Å². The highest BCUT2D eigenvalue weighted by Crippen LogP contribution is 2.49. The number of carbonyl (C=O) groups is 1. The van der Waals surface area contributed by atoms with Crippen molar-refractivity contribution in [3.8, 4) is 5.75 Å². The molecule has 2 bridgehead atoms. The van der Waals surface area contributed by atoms with E-state index in [1.165, 1.54) is 25.3 Å². The molecule has 0 saturated heterocycles. The van der Waals surface area contributed by atoms with Crippen molar-refractivity contribution >= 4 is 43.2 Å². The quantitative estimate of drug-likeness (QED) is 0.465. The van der Waals surface area contributed by atoms with Gasteiger partial charge in [-0.3, -0.25) is 9.52 Å². The topological polar surface area (TPSA) is 84.5 Å². The van der Waals surface area contributed by atoms with Gasteiger partial charge in [-0.1, -0.05) is 12.5 Å². The largest absolute Gasteiger partial charge is 0.493 e. The summed E-state index contributed by atoms with van der Waals surface area (Å²) in [6.07, 6.45) is 5.46. The van der Waals surface area contributed by atoms with E-state index in [0.717, 1.165) is 12.3 Å². The Morgan fingerprint density at radius 3 is 2.56 bits per heavy atom. The smallest absolute Gasteiger partial charge is 0.262 e. The number of halogens is 1. The fraction of sp³-hybridized carbons (Fsp3) is 0.458. The summed E-state index contributed by atoms with van der Waals surface area (Å²) in [6.45, 7) is 4.14. The highest BCUT2D eigenvalue weighted by atomic mass is 79.9. The van der Waals surface area contributed by atoms with Crippen LogP contribution in [-0.2, 0) is 14.8 Å². The van der Waals surface area contributed by atoms with Crippen molar-refractivity contribution in [1.29, 1.82) is 0 Å². The SMILES string of the molecule is CCOc1ccc(NS(=O)(=O)c2cc(NC(=O)C[C@@H]3C[C@H]4CC[C@@H]3C4)ccc2C)cc1Br. The van der Waals surface area contributed by atoms with E-state index < -0.39 is 10.0 Å². The van der Waals surface area contributed by atoms with Crippen LogP contribution in [0.2, 0.25) is 0 Å².